The average Bonchev–Trinajstić information content (AvgIpc) is 2.95. The lowest BCUT2D eigenvalue weighted by molar-refractivity contribution is 0.0954. The SMILES string of the molecule is O=C(NCCc1ccc2cc[nH]c2c1)c1cccnc1. The number of rotatable bonds is 4. The van der Waals surface area contributed by atoms with Gasteiger partial charge in [-0.15, -0.1) is 0 Å². The van der Waals surface area contributed by atoms with E-state index in [-0.39, 0.29) is 5.91 Å². The summed E-state index contributed by atoms with van der Waals surface area (Å²) in [7, 11) is 0. The van der Waals surface area contributed by atoms with Gasteiger partial charge < -0.3 is 10.3 Å². The fraction of sp³-hybridized carbons (Fsp3) is 0.125. The average molecular weight is 265 g/mol. The first-order chi connectivity index (χ1) is 9.83. The normalized spacial score (nSPS) is 10.6. The van der Waals surface area contributed by atoms with Gasteiger partial charge in [0.15, 0.2) is 0 Å². The topological polar surface area (TPSA) is 57.8 Å². The number of amides is 1. The van der Waals surface area contributed by atoms with Crippen LogP contribution in [0.25, 0.3) is 10.9 Å². The van der Waals surface area contributed by atoms with Gasteiger partial charge in [0.25, 0.3) is 5.91 Å². The molecule has 0 bridgehead atoms. The van der Waals surface area contributed by atoms with E-state index < -0.39 is 0 Å². The molecule has 4 nitrogen and oxygen atoms in total. The van der Waals surface area contributed by atoms with E-state index in [0.29, 0.717) is 12.1 Å². The number of carbonyl (C=O) groups excluding carboxylic acids is 1. The largest absolute Gasteiger partial charge is 0.361 e. The van der Waals surface area contributed by atoms with Crippen LogP contribution >= 0.6 is 0 Å². The summed E-state index contributed by atoms with van der Waals surface area (Å²) in [6.45, 7) is 0.611. The Bertz CT molecular complexity index is 719. The first kappa shape index (κ1) is 12.4. The van der Waals surface area contributed by atoms with Crippen LogP contribution in [0.5, 0.6) is 0 Å². The van der Waals surface area contributed by atoms with Gasteiger partial charge in [-0.3, -0.25) is 9.78 Å². The van der Waals surface area contributed by atoms with Gasteiger partial charge in [-0.2, -0.15) is 0 Å². The molecule has 0 atom stereocenters. The molecule has 0 radical (unpaired) electrons. The Morgan fingerprint density at radius 2 is 2.20 bits per heavy atom. The predicted molar refractivity (Wildman–Crippen MR) is 78.6 cm³/mol. The molecule has 1 aromatic carbocycles. The maximum atomic E-state index is 11.8. The summed E-state index contributed by atoms with van der Waals surface area (Å²) in [5, 5.41) is 4.10. The molecule has 3 aromatic rings. The van der Waals surface area contributed by atoms with Crippen LogP contribution in [0.4, 0.5) is 0 Å². The van der Waals surface area contributed by atoms with Crippen LogP contribution in [0.3, 0.4) is 0 Å². The second-order valence-corrected chi connectivity index (χ2v) is 4.65. The number of aromatic nitrogens is 2. The van der Waals surface area contributed by atoms with Gasteiger partial charge in [-0.1, -0.05) is 12.1 Å². The van der Waals surface area contributed by atoms with E-state index >= 15 is 0 Å². The van der Waals surface area contributed by atoms with Gasteiger partial charge in [-0.25, -0.2) is 0 Å². The van der Waals surface area contributed by atoms with E-state index in [2.05, 4.69) is 33.5 Å². The summed E-state index contributed by atoms with van der Waals surface area (Å²) in [6.07, 6.45) is 5.96. The van der Waals surface area contributed by atoms with Crippen molar-refractivity contribution in [1.82, 2.24) is 15.3 Å². The number of H-pyrrole nitrogens is 1. The number of fused-ring (bicyclic) bond motifs is 1. The molecular weight excluding hydrogens is 250 g/mol. The predicted octanol–water partition coefficient (Wildman–Crippen LogP) is 2.54. The van der Waals surface area contributed by atoms with Crippen molar-refractivity contribution < 1.29 is 4.79 Å². The number of hydrogen-bond donors (Lipinski definition) is 2. The van der Waals surface area contributed by atoms with Crippen LogP contribution in [0.2, 0.25) is 0 Å². The summed E-state index contributed by atoms with van der Waals surface area (Å²) < 4.78 is 0. The molecule has 0 saturated heterocycles. The van der Waals surface area contributed by atoms with Crippen molar-refractivity contribution in [3.8, 4) is 0 Å². The highest BCUT2D eigenvalue weighted by Crippen LogP contribution is 2.14. The zero-order chi connectivity index (χ0) is 13.8. The first-order valence-corrected chi connectivity index (χ1v) is 6.57. The van der Waals surface area contributed by atoms with Gasteiger partial charge in [0.2, 0.25) is 0 Å². The Morgan fingerprint density at radius 1 is 1.25 bits per heavy atom. The molecule has 0 aliphatic carbocycles. The molecule has 0 aliphatic rings. The van der Waals surface area contributed by atoms with E-state index in [4.69, 9.17) is 0 Å². The Kier molecular flexibility index (Phi) is 3.46. The Hall–Kier alpha value is -2.62. The second-order valence-electron chi connectivity index (χ2n) is 4.65. The van der Waals surface area contributed by atoms with Crippen molar-refractivity contribution in [2.24, 2.45) is 0 Å². The fourth-order valence-corrected chi connectivity index (χ4v) is 2.17. The van der Waals surface area contributed by atoms with Crippen LogP contribution in [-0.2, 0) is 6.42 Å². The van der Waals surface area contributed by atoms with E-state index in [1.165, 1.54) is 10.9 Å². The minimum Gasteiger partial charge on any atom is -0.361 e. The third-order valence-corrected chi connectivity index (χ3v) is 3.24. The summed E-state index contributed by atoms with van der Waals surface area (Å²) in [6, 6.07) is 11.9. The minimum atomic E-state index is -0.0842. The van der Waals surface area contributed by atoms with Crippen LogP contribution < -0.4 is 5.32 Å². The molecule has 0 aliphatic heterocycles. The Labute approximate surface area is 116 Å². The molecule has 20 heavy (non-hydrogen) atoms. The van der Waals surface area contributed by atoms with E-state index in [0.717, 1.165) is 11.9 Å². The highest BCUT2D eigenvalue weighted by molar-refractivity contribution is 5.93. The summed E-state index contributed by atoms with van der Waals surface area (Å²) in [4.78, 5) is 19.0. The summed E-state index contributed by atoms with van der Waals surface area (Å²) in [5.74, 6) is -0.0842. The van der Waals surface area contributed by atoms with Crippen LogP contribution in [-0.4, -0.2) is 22.4 Å². The highest BCUT2D eigenvalue weighted by atomic mass is 16.1. The van der Waals surface area contributed by atoms with Crippen molar-refractivity contribution in [3.05, 3.63) is 66.1 Å². The van der Waals surface area contributed by atoms with Crippen LogP contribution in [0, 0.1) is 0 Å². The smallest absolute Gasteiger partial charge is 0.252 e. The van der Waals surface area contributed by atoms with Crippen LogP contribution in [0.15, 0.2) is 55.0 Å². The number of hydrogen-bond acceptors (Lipinski definition) is 2. The monoisotopic (exact) mass is 265 g/mol. The molecule has 2 aromatic heterocycles. The molecule has 3 rings (SSSR count). The lowest BCUT2D eigenvalue weighted by Gasteiger charge is -2.05. The van der Waals surface area contributed by atoms with E-state index in [1.54, 1.807) is 24.5 Å². The van der Waals surface area contributed by atoms with Crippen molar-refractivity contribution in [3.63, 3.8) is 0 Å². The molecule has 0 fully saturated rings. The van der Waals surface area contributed by atoms with Crippen molar-refractivity contribution >= 4 is 16.8 Å². The lowest BCUT2D eigenvalue weighted by Crippen LogP contribution is -2.25. The van der Waals surface area contributed by atoms with Gasteiger partial charge in [0, 0.05) is 30.7 Å². The minimum absolute atomic E-state index is 0.0842. The number of carbonyl (C=O) groups is 1. The van der Waals surface area contributed by atoms with Crippen molar-refractivity contribution in [2.45, 2.75) is 6.42 Å². The van der Waals surface area contributed by atoms with Gasteiger partial charge >= 0.3 is 0 Å². The molecular formula is C16H15N3O. The molecule has 100 valence electrons. The highest BCUT2D eigenvalue weighted by Gasteiger charge is 2.04. The molecule has 1 amide bonds. The van der Waals surface area contributed by atoms with Gasteiger partial charge in [0.05, 0.1) is 5.56 Å². The lowest BCUT2D eigenvalue weighted by atomic mass is 10.1. The number of nitrogens with zero attached hydrogens (tertiary/aromatic N) is 1. The van der Waals surface area contributed by atoms with Gasteiger partial charge in [-0.05, 0) is 41.6 Å². The number of pyridine rings is 1. The molecule has 0 spiro atoms. The molecule has 2 heterocycles. The van der Waals surface area contributed by atoms with Crippen molar-refractivity contribution in [2.75, 3.05) is 6.54 Å². The fourth-order valence-electron chi connectivity index (χ4n) is 2.17. The van der Waals surface area contributed by atoms with E-state index in [9.17, 15) is 4.79 Å². The standard InChI is InChI=1S/C16H15N3O/c20-16(14-2-1-7-17-11-14)19-8-5-12-3-4-13-6-9-18-15(13)10-12/h1-4,6-7,9-11,18H,5,8H2,(H,19,20). The number of benzene rings is 1. The van der Waals surface area contributed by atoms with Gasteiger partial charge in [0.1, 0.15) is 0 Å². The zero-order valence-corrected chi connectivity index (χ0v) is 11.0. The first-order valence-electron chi connectivity index (χ1n) is 6.57. The Morgan fingerprint density at radius 3 is 3.05 bits per heavy atom. The number of nitrogens with one attached hydrogen (secondary N) is 2. The Balaban J connectivity index is 1.58. The zero-order valence-electron chi connectivity index (χ0n) is 11.0. The quantitative estimate of drug-likeness (QED) is 0.761. The molecule has 0 unspecified atom stereocenters. The maximum absolute atomic E-state index is 11.8. The molecule has 4 heteroatoms. The second kappa shape index (κ2) is 5.57. The molecule has 0 saturated carbocycles. The number of aromatic amines is 1. The van der Waals surface area contributed by atoms with Crippen LogP contribution in [0.1, 0.15) is 15.9 Å². The third-order valence-electron chi connectivity index (χ3n) is 3.24. The third kappa shape index (κ3) is 2.69. The molecule has 2 N–H and O–H groups in total. The summed E-state index contributed by atoms with van der Waals surface area (Å²) in [5.41, 5.74) is 2.92. The summed E-state index contributed by atoms with van der Waals surface area (Å²) >= 11 is 0. The maximum Gasteiger partial charge on any atom is 0.252 e. The van der Waals surface area contributed by atoms with Crippen molar-refractivity contribution in [1.29, 1.82) is 0 Å². The van der Waals surface area contributed by atoms with E-state index in [1.807, 2.05) is 12.3 Å².